The molecule has 0 aliphatic heterocycles. The fourth-order valence-electron chi connectivity index (χ4n) is 1.80. The maximum atomic E-state index is 11.5. The zero-order valence-electron chi connectivity index (χ0n) is 11.4. The fraction of sp³-hybridized carbons (Fsp3) is 0.200. The SMILES string of the molecule is COC(=O)c1ccnc(Oc2cc(C)c(Br)c(C)c2)c1. The lowest BCUT2D eigenvalue weighted by Gasteiger charge is -2.09. The van der Waals surface area contributed by atoms with Crippen LogP contribution in [0.25, 0.3) is 0 Å². The van der Waals surface area contributed by atoms with E-state index >= 15 is 0 Å². The number of nitrogens with zero attached hydrogens (tertiary/aromatic N) is 1. The van der Waals surface area contributed by atoms with E-state index in [-0.39, 0.29) is 0 Å². The first-order valence-electron chi connectivity index (χ1n) is 6.00. The molecule has 5 heteroatoms. The summed E-state index contributed by atoms with van der Waals surface area (Å²) in [7, 11) is 1.34. The van der Waals surface area contributed by atoms with Gasteiger partial charge in [-0.15, -0.1) is 0 Å². The van der Waals surface area contributed by atoms with Gasteiger partial charge in [-0.05, 0) is 43.2 Å². The third-order valence-corrected chi connectivity index (χ3v) is 4.04. The van der Waals surface area contributed by atoms with Crippen molar-refractivity contribution in [2.24, 2.45) is 0 Å². The van der Waals surface area contributed by atoms with Crippen LogP contribution in [0.2, 0.25) is 0 Å². The number of aryl methyl sites for hydroxylation is 2. The third-order valence-electron chi connectivity index (χ3n) is 2.79. The molecule has 1 heterocycles. The van der Waals surface area contributed by atoms with Crippen LogP contribution in [0.1, 0.15) is 21.5 Å². The Labute approximate surface area is 125 Å². The van der Waals surface area contributed by atoms with Crippen molar-refractivity contribution in [3.8, 4) is 11.6 Å². The number of carbonyl (C=O) groups excluding carboxylic acids is 1. The van der Waals surface area contributed by atoms with Gasteiger partial charge in [0.25, 0.3) is 0 Å². The molecule has 0 saturated heterocycles. The molecule has 2 rings (SSSR count). The summed E-state index contributed by atoms with van der Waals surface area (Å²) >= 11 is 3.51. The van der Waals surface area contributed by atoms with Crippen LogP contribution < -0.4 is 4.74 Å². The topological polar surface area (TPSA) is 48.4 Å². The van der Waals surface area contributed by atoms with E-state index in [0.717, 1.165) is 15.6 Å². The second-order valence-electron chi connectivity index (χ2n) is 4.35. The van der Waals surface area contributed by atoms with Gasteiger partial charge >= 0.3 is 5.97 Å². The van der Waals surface area contributed by atoms with E-state index in [1.807, 2.05) is 26.0 Å². The second kappa shape index (κ2) is 6.05. The highest BCUT2D eigenvalue weighted by Gasteiger charge is 2.09. The van der Waals surface area contributed by atoms with Gasteiger partial charge in [0.05, 0.1) is 12.7 Å². The van der Waals surface area contributed by atoms with Crippen LogP contribution in [-0.2, 0) is 4.74 Å². The molecule has 0 amide bonds. The van der Waals surface area contributed by atoms with Crippen LogP contribution in [-0.4, -0.2) is 18.1 Å². The summed E-state index contributed by atoms with van der Waals surface area (Å²) in [6, 6.07) is 6.95. The summed E-state index contributed by atoms with van der Waals surface area (Å²) in [5, 5.41) is 0. The summed E-state index contributed by atoms with van der Waals surface area (Å²) in [5.41, 5.74) is 2.55. The molecular weight excluding hydrogens is 322 g/mol. The van der Waals surface area contributed by atoms with E-state index in [1.165, 1.54) is 13.3 Å². The van der Waals surface area contributed by atoms with Gasteiger partial charge in [0.15, 0.2) is 0 Å². The highest BCUT2D eigenvalue weighted by molar-refractivity contribution is 9.10. The van der Waals surface area contributed by atoms with Crippen LogP contribution in [0.4, 0.5) is 0 Å². The number of esters is 1. The molecule has 20 heavy (non-hydrogen) atoms. The molecule has 0 saturated carbocycles. The number of pyridine rings is 1. The largest absolute Gasteiger partial charge is 0.465 e. The number of methoxy groups -OCH3 is 1. The van der Waals surface area contributed by atoms with E-state index in [2.05, 4.69) is 25.7 Å². The molecule has 0 N–H and O–H groups in total. The van der Waals surface area contributed by atoms with Crippen LogP contribution >= 0.6 is 15.9 Å². The Morgan fingerprint density at radius 3 is 2.45 bits per heavy atom. The van der Waals surface area contributed by atoms with Gasteiger partial charge in [-0.3, -0.25) is 0 Å². The highest BCUT2D eigenvalue weighted by Crippen LogP contribution is 2.29. The summed E-state index contributed by atoms with van der Waals surface area (Å²) in [5.74, 6) is 0.618. The molecule has 4 nitrogen and oxygen atoms in total. The standard InChI is InChI=1S/C15H14BrNO3/c1-9-6-12(7-10(2)14(9)16)20-13-8-11(4-5-17-13)15(18)19-3/h4-8H,1-3H3. The lowest BCUT2D eigenvalue weighted by Crippen LogP contribution is -2.01. The Morgan fingerprint density at radius 2 is 1.85 bits per heavy atom. The molecule has 2 aromatic rings. The van der Waals surface area contributed by atoms with E-state index in [0.29, 0.717) is 17.2 Å². The monoisotopic (exact) mass is 335 g/mol. The first-order chi connectivity index (χ1) is 9.51. The quantitative estimate of drug-likeness (QED) is 0.794. The van der Waals surface area contributed by atoms with Crippen molar-refractivity contribution in [2.45, 2.75) is 13.8 Å². The lowest BCUT2D eigenvalue weighted by molar-refractivity contribution is 0.0600. The van der Waals surface area contributed by atoms with Gasteiger partial charge in [-0.1, -0.05) is 15.9 Å². The summed E-state index contributed by atoms with van der Waals surface area (Å²) in [6.07, 6.45) is 1.51. The van der Waals surface area contributed by atoms with Crippen molar-refractivity contribution in [1.29, 1.82) is 0 Å². The molecular formula is C15H14BrNO3. The molecule has 0 aliphatic carbocycles. The van der Waals surface area contributed by atoms with Crippen LogP contribution in [0, 0.1) is 13.8 Å². The van der Waals surface area contributed by atoms with Crippen molar-refractivity contribution < 1.29 is 14.3 Å². The van der Waals surface area contributed by atoms with Crippen LogP contribution in [0.15, 0.2) is 34.9 Å². The molecule has 0 aliphatic rings. The van der Waals surface area contributed by atoms with Gasteiger partial charge in [0.2, 0.25) is 5.88 Å². The Morgan fingerprint density at radius 1 is 1.20 bits per heavy atom. The van der Waals surface area contributed by atoms with Crippen LogP contribution in [0.3, 0.4) is 0 Å². The molecule has 0 fully saturated rings. The second-order valence-corrected chi connectivity index (χ2v) is 5.14. The Balaban J connectivity index is 2.28. The van der Waals surface area contributed by atoms with Crippen molar-refractivity contribution >= 4 is 21.9 Å². The van der Waals surface area contributed by atoms with Gasteiger partial charge in [0, 0.05) is 16.7 Å². The first-order valence-corrected chi connectivity index (χ1v) is 6.79. The van der Waals surface area contributed by atoms with Gasteiger partial charge in [-0.25, -0.2) is 9.78 Å². The number of hydrogen-bond donors (Lipinski definition) is 0. The van der Waals surface area contributed by atoms with Crippen molar-refractivity contribution in [1.82, 2.24) is 4.98 Å². The Bertz CT molecular complexity index is 632. The molecule has 0 bridgehead atoms. The van der Waals surface area contributed by atoms with Gasteiger partial charge < -0.3 is 9.47 Å². The number of hydrogen-bond acceptors (Lipinski definition) is 4. The first kappa shape index (κ1) is 14.5. The highest BCUT2D eigenvalue weighted by atomic mass is 79.9. The normalized spacial score (nSPS) is 10.2. The number of benzene rings is 1. The molecule has 104 valence electrons. The molecule has 1 aromatic heterocycles. The van der Waals surface area contributed by atoms with E-state index < -0.39 is 5.97 Å². The molecule has 1 aromatic carbocycles. The Kier molecular flexibility index (Phi) is 4.39. The zero-order chi connectivity index (χ0) is 14.7. The van der Waals surface area contributed by atoms with E-state index in [9.17, 15) is 4.79 Å². The minimum Gasteiger partial charge on any atom is -0.465 e. The van der Waals surface area contributed by atoms with Gasteiger partial charge in [-0.2, -0.15) is 0 Å². The molecule has 0 spiro atoms. The smallest absolute Gasteiger partial charge is 0.338 e. The Hall–Kier alpha value is -1.88. The average Bonchev–Trinajstić information content (AvgIpc) is 2.44. The third kappa shape index (κ3) is 3.17. The number of halogens is 1. The summed E-state index contributed by atoms with van der Waals surface area (Å²) in [4.78, 5) is 15.6. The molecule has 0 radical (unpaired) electrons. The number of carbonyl (C=O) groups is 1. The summed E-state index contributed by atoms with van der Waals surface area (Å²) in [6.45, 7) is 3.98. The van der Waals surface area contributed by atoms with E-state index in [1.54, 1.807) is 12.1 Å². The van der Waals surface area contributed by atoms with Crippen LogP contribution in [0.5, 0.6) is 11.6 Å². The average molecular weight is 336 g/mol. The molecule has 0 atom stereocenters. The minimum absolute atomic E-state index is 0.356. The fourth-order valence-corrected chi connectivity index (χ4v) is 2.02. The lowest BCUT2D eigenvalue weighted by atomic mass is 10.1. The number of rotatable bonds is 3. The molecule has 0 unspecified atom stereocenters. The number of ether oxygens (including phenoxy) is 2. The van der Waals surface area contributed by atoms with Crippen molar-refractivity contribution in [2.75, 3.05) is 7.11 Å². The van der Waals surface area contributed by atoms with Gasteiger partial charge in [0.1, 0.15) is 5.75 Å². The van der Waals surface area contributed by atoms with Crippen molar-refractivity contribution in [3.63, 3.8) is 0 Å². The predicted molar refractivity (Wildman–Crippen MR) is 79.3 cm³/mol. The van der Waals surface area contributed by atoms with E-state index in [4.69, 9.17) is 4.74 Å². The van der Waals surface area contributed by atoms with Crippen molar-refractivity contribution in [3.05, 3.63) is 51.6 Å². The predicted octanol–water partition coefficient (Wildman–Crippen LogP) is 4.04. The maximum absolute atomic E-state index is 11.5. The summed E-state index contributed by atoms with van der Waals surface area (Å²) < 4.78 is 11.4. The maximum Gasteiger partial charge on any atom is 0.338 e. The minimum atomic E-state index is -0.416. The zero-order valence-corrected chi connectivity index (χ0v) is 13.0. The number of aromatic nitrogens is 1.